The van der Waals surface area contributed by atoms with Gasteiger partial charge in [-0.05, 0) is 42.5 Å². The number of nitrogens with one attached hydrogen (secondary N) is 2. The number of hydrogen-bond acceptors (Lipinski definition) is 9. The summed E-state index contributed by atoms with van der Waals surface area (Å²) < 4.78 is 22.3. The highest BCUT2D eigenvalue weighted by Gasteiger charge is 2.28. The van der Waals surface area contributed by atoms with Crippen LogP contribution in [-0.2, 0) is 18.9 Å². The molecule has 1 aromatic carbocycles. The van der Waals surface area contributed by atoms with Gasteiger partial charge in [0.05, 0.1) is 23.5 Å². The molecular weight excluding hydrogens is 477 g/mol. The van der Waals surface area contributed by atoms with Crippen LogP contribution in [-0.4, -0.2) is 40.8 Å². The molecule has 0 saturated heterocycles. The molecule has 1 unspecified atom stereocenters. The van der Waals surface area contributed by atoms with Crippen molar-refractivity contribution in [2.75, 3.05) is 5.32 Å². The zero-order valence-corrected chi connectivity index (χ0v) is 21.1. The van der Waals surface area contributed by atoms with Crippen molar-refractivity contribution >= 4 is 17.5 Å². The van der Waals surface area contributed by atoms with Gasteiger partial charge < -0.3 is 15.2 Å². The molecule has 0 aliphatic heterocycles. The third-order valence-electron chi connectivity index (χ3n) is 6.16. The number of fused-ring (bicyclic) bond motifs is 1. The summed E-state index contributed by atoms with van der Waals surface area (Å²) in [6.45, 7) is 5.81. The molecule has 37 heavy (non-hydrogen) atoms. The number of aryl methyl sites for hydroxylation is 2. The molecule has 4 aromatic rings. The molecule has 192 valence electrons. The lowest BCUT2D eigenvalue weighted by molar-refractivity contribution is 0.0890. The molecule has 0 radical (unpaired) electrons. The second-order valence-corrected chi connectivity index (χ2v) is 10.1. The summed E-state index contributed by atoms with van der Waals surface area (Å²) in [5.74, 6) is -0.116. The predicted molar refractivity (Wildman–Crippen MR) is 132 cm³/mol. The van der Waals surface area contributed by atoms with E-state index in [4.69, 9.17) is 4.52 Å². The number of amides is 1. The largest absolute Gasteiger partial charge is 0.341 e. The van der Waals surface area contributed by atoms with Gasteiger partial charge in [0.15, 0.2) is 11.6 Å². The molecule has 1 amide bonds. The molecule has 2 N–H and O–H groups in total. The highest BCUT2D eigenvalue weighted by molar-refractivity contribution is 5.89. The van der Waals surface area contributed by atoms with Gasteiger partial charge in [0.25, 0.3) is 0 Å². The number of rotatable bonds is 5. The fraction of sp³-hybridized carbons (Fsp3) is 0.400. The lowest BCUT2D eigenvalue weighted by atomic mass is 9.95. The molecular formula is C25H28FN9O2. The van der Waals surface area contributed by atoms with E-state index < -0.39 is 11.7 Å². The summed E-state index contributed by atoms with van der Waals surface area (Å²) in [6.07, 6.45) is 7.95. The first-order valence-corrected chi connectivity index (χ1v) is 12.1. The van der Waals surface area contributed by atoms with Gasteiger partial charge in [-0.25, -0.2) is 14.4 Å². The number of carbonyl (C=O) groups is 1. The van der Waals surface area contributed by atoms with Gasteiger partial charge in [0.1, 0.15) is 12.1 Å². The summed E-state index contributed by atoms with van der Waals surface area (Å²) in [6, 6.07) is 2.84. The van der Waals surface area contributed by atoms with Crippen LogP contribution in [0.5, 0.6) is 0 Å². The molecule has 0 spiro atoms. The van der Waals surface area contributed by atoms with Crippen LogP contribution in [0.4, 0.5) is 16.0 Å². The maximum atomic E-state index is 15.4. The van der Waals surface area contributed by atoms with Crippen LogP contribution in [0.2, 0.25) is 0 Å². The maximum Gasteiger partial charge on any atom is 0.315 e. The first kappa shape index (κ1) is 24.5. The van der Waals surface area contributed by atoms with Gasteiger partial charge in [0, 0.05) is 18.7 Å². The van der Waals surface area contributed by atoms with Crippen LogP contribution in [0.3, 0.4) is 0 Å². The summed E-state index contributed by atoms with van der Waals surface area (Å²) in [5.41, 5.74) is 2.29. The smallest absolute Gasteiger partial charge is 0.315 e. The van der Waals surface area contributed by atoms with E-state index in [0.29, 0.717) is 17.9 Å². The van der Waals surface area contributed by atoms with Crippen LogP contribution >= 0.6 is 0 Å². The van der Waals surface area contributed by atoms with E-state index in [-0.39, 0.29) is 34.7 Å². The number of halogens is 1. The number of aromatic nitrogens is 7. The standard InChI is InChI=1S/C25H28FN9O2/c1-25(2,3)23-33-22(37-34-23)21(36)31-19-8-6-5-7-14-9-17(18(26)10-16(14)19)20-27-13-28-24(32-20)30-15-11-29-35(4)12-15/h9-13,19H,5-8H2,1-4H3,(H,31,36)(H,27,28,30,32). The Hall–Kier alpha value is -4.22. The van der Waals surface area contributed by atoms with Crippen molar-refractivity contribution in [1.82, 2.24) is 40.2 Å². The van der Waals surface area contributed by atoms with Crippen LogP contribution in [0.1, 0.15) is 73.7 Å². The third-order valence-corrected chi connectivity index (χ3v) is 6.16. The molecule has 11 nitrogen and oxygen atoms in total. The molecule has 5 rings (SSSR count). The van der Waals surface area contributed by atoms with Gasteiger partial charge in [-0.3, -0.25) is 9.48 Å². The number of carbonyl (C=O) groups excluding carboxylic acids is 1. The van der Waals surface area contributed by atoms with Gasteiger partial charge in [-0.1, -0.05) is 32.3 Å². The third kappa shape index (κ3) is 5.32. The van der Waals surface area contributed by atoms with Gasteiger partial charge in [-0.2, -0.15) is 15.1 Å². The minimum Gasteiger partial charge on any atom is -0.341 e. The Bertz CT molecular complexity index is 1440. The summed E-state index contributed by atoms with van der Waals surface area (Å²) >= 11 is 0. The minimum atomic E-state index is -0.480. The highest BCUT2D eigenvalue weighted by Crippen LogP contribution is 2.33. The zero-order chi connectivity index (χ0) is 26.2. The van der Waals surface area contributed by atoms with Crippen LogP contribution in [0, 0.1) is 5.82 Å². The molecule has 0 fully saturated rings. The normalized spacial score (nSPS) is 15.6. The molecule has 1 atom stereocenters. The first-order valence-electron chi connectivity index (χ1n) is 12.1. The van der Waals surface area contributed by atoms with Crippen molar-refractivity contribution in [3.8, 4) is 11.4 Å². The lowest BCUT2D eigenvalue weighted by Crippen LogP contribution is -2.29. The Balaban J connectivity index is 1.40. The Morgan fingerprint density at radius 3 is 2.76 bits per heavy atom. The number of anilines is 2. The van der Waals surface area contributed by atoms with Crippen molar-refractivity contribution in [3.05, 3.63) is 59.5 Å². The molecule has 3 aromatic heterocycles. The Morgan fingerprint density at radius 1 is 1.19 bits per heavy atom. The average molecular weight is 506 g/mol. The van der Waals surface area contributed by atoms with Gasteiger partial charge in [-0.15, -0.1) is 0 Å². The molecule has 0 saturated carbocycles. The average Bonchev–Trinajstić information content (AvgIpc) is 3.47. The predicted octanol–water partition coefficient (Wildman–Crippen LogP) is 4.03. The van der Waals surface area contributed by atoms with E-state index in [1.54, 1.807) is 30.2 Å². The Kier molecular flexibility index (Phi) is 6.40. The lowest BCUT2D eigenvalue weighted by Gasteiger charge is -2.19. The van der Waals surface area contributed by atoms with Crippen molar-refractivity contribution < 1.29 is 13.7 Å². The fourth-order valence-corrected chi connectivity index (χ4v) is 4.26. The maximum absolute atomic E-state index is 15.4. The van der Waals surface area contributed by atoms with E-state index in [1.165, 1.54) is 12.4 Å². The van der Waals surface area contributed by atoms with E-state index >= 15 is 4.39 Å². The molecule has 3 heterocycles. The quantitative estimate of drug-likeness (QED) is 0.385. The Morgan fingerprint density at radius 2 is 2.03 bits per heavy atom. The van der Waals surface area contributed by atoms with E-state index in [9.17, 15) is 4.79 Å². The Labute approximate surface area is 212 Å². The van der Waals surface area contributed by atoms with Gasteiger partial charge >= 0.3 is 11.8 Å². The van der Waals surface area contributed by atoms with E-state index in [1.807, 2.05) is 20.8 Å². The fourth-order valence-electron chi connectivity index (χ4n) is 4.26. The highest BCUT2D eigenvalue weighted by atomic mass is 19.1. The molecule has 1 aliphatic carbocycles. The topological polar surface area (TPSA) is 137 Å². The minimum absolute atomic E-state index is 0.105. The van der Waals surface area contributed by atoms with Gasteiger partial charge in [0.2, 0.25) is 5.95 Å². The summed E-state index contributed by atoms with van der Waals surface area (Å²) in [5, 5.41) is 14.0. The number of nitrogens with zero attached hydrogens (tertiary/aromatic N) is 7. The molecule has 0 bridgehead atoms. The monoisotopic (exact) mass is 505 g/mol. The van der Waals surface area contributed by atoms with Crippen LogP contribution in [0.15, 0.2) is 35.4 Å². The number of benzene rings is 1. The SMILES string of the molecule is Cn1cc(Nc2ncnc(-c3cc4c(cc3F)C(NC(=O)c3nc(C(C)(C)C)no3)CCCC4)n2)cn1. The van der Waals surface area contributed by atoms with Crippen LogP contribution in [0.25, 0.3) is 11.4 Å². The van der Waals surface area contributed by atoms with Crippen molar-refractivity contribution in [2.45, 2.75) is 57.9 Å². The van der Waals surface area contributed by atoms with E-state index in [0.717, 1.165) is 30.4 Å². The molecule has 1 aliphatic rings. The number of hydrogen-bond donors (Lipinski definition) is 2. The summed E-state index contributed by atoms with van der Waals surface area (Å²) in [4.78, 5) is 29.9. The summed E-state index contributed by atoms with van der Waals surface area (Å²) in [7, 11) is 1.80. The van der Waals surface area contributed by atoms with Crippen molar-refractivity contribution in [2.24, 2.45) is 7.05 Å². The van der Waals surface area contributed by atoms with Crippen molar-refractivity contribution in [3.63, 3.8) is 0 Å². The van der Waals surface area contributed by atoms with E-state index in [2.05, 4.69) is 40.8 Å². The second-order valence-electron chi connectivity index (χ2n) is 10.1. The van der Waals surface area contributed by atoms with Crippen LogP contribution < -0.4 is 10.6 Å². The second kappa shape index (κ2) is 9.68. The first-order chi connectivity index (χ1) is 17.7. The zero-order valence-electron chi connectivity index (χ0n) is 21.1. The van der Waals surface area contributed by atoms with Crippen molar-refractivity contribution in [1.29, 1.82) is 0 Å². The molecule has 12 heteroatoms.